The van der Waals surface area contributed by atoms with Crippen LogP contribution in [0.15, 0.2) is 22.7 Å². The van der Waals surface area contributed by atoms with Crippen LogP contribution in [0.2, 0.25) is 0 Å². The van der Waals surface area contributed by atoms with Crippen molar-refractivity contribution in [2.24, 2.45) is 5.41 Å². The van der Waals surface area contributed by atoms with Crippen molar-refractivity contribution >= 4 is 21.9 Å². The molecule has 0 radical (unpaired) electrons. The first kappa shape index (κ1) is 16.4. The zero-order valence-electron chi connectivity index (χ0n) is 12.4. The molecule has 1 atom stereocenters. The summed E-state index contributed by atoms with van der Waals surface area (Å²) >= 11 is 3.22. The number of benzene rings is 1. The fraction of sp³-hybridized carbons (Fsp3) is 0.562. The molecule has 2 rings (SSSR count). The van der Waals surface area contributed by atoms with Crippen LogP contribution in [0.3, 0.4) is 0 Å². The molecule has 1 fully saturated rings. The van der Waals surface area contributed by atoms with Gasteiger partial charge in [-0.05, 0) is 72.9 Å². The first-order chi connectivity index (χ1) is 9.89. The molecule has 116 valence electrons. The number of hydrogen-bond donors (Lipinski definition) is 1. The van der Waals surface area contributed by atoms with Gasteiger partial charge in [0.2, 0.25) is 0 Å². The number of carbonyl (C=O) groups is 1. The van der Waals surface area contributed by atoms with Crippen LogP contribution in [0.5, 0.6) is 0 Å². The Bertz CT molecular complexity index is 527. The molecule has 1 unspecified atom stereocenters. The Balaban J connectivity index is 2.07. The van der Waals surface area contributed by atoms with Gasteiger partial charge < -0.3 is 5.11 Å². The Morgan fingerprint density at radius 2 is 2.10 bits per heavy atom. The van der Waals surface area contributed by atoms with E-state index in [1.54, 1.807) is 12.1 Å². The van der Waals surface area contributed by atoms with Crippen LogP contribution in [0.4, 0.5) is 4.39 Å². The number of carboxylic acids is 1. The van der Waals surface area contributed by atoms with Gasteiger partial charge in [-0.3, -0.25) is 9.69 Å². The van der Waals surface area contributed by atoms with E-state index in [4.69, 9.17) is 0 Å². The van der Waals surface area contributed by atoms with Crippen molar-refractivity contribution in [3.8, 4) is 0 Å². The van der Waals surface area contributed by atoms with Crippen molar-refractivity contribution in [2.75, 3.05) is 13.1 Å². The molecule has 5 heteroatoms. The summed E-state index contributed by atoms with van der Waals surface area (Å²) in [5.41, 5.74) is 0.474. The van der Waals surface area contributed by atoms with Crippen molar-refractivity contribution in [2.45, 2.75) is 39.2 Å². The molecule has 1 aliphatic heterocycles. The fourth-order valence-electron chi connectivity index (χ4n) is 3.04. The second-order valence-corrected chi connectivity index (χ2v) is 6.68. The molecule has 3 nitrogen and oxygen atoms in total. The molecule has 1 aliphatic rings. The van der Waals surface area contributed by atoms with E-state index in [0.717, 1.165) is 18.7 Å². The average molecular weight is 358 g/mol. The second kappa shape index (κ2) is 6.44. The molecule has 0 saturated carbocycles. The molecule has 1 saturated heterocycles. The third-order valence-corrected chi connectivity index (χ3v) is 5.47. The van der Waals surface area contributed by atoms with Gasteiger partial charge in [0, 0.05) is 6.04 Å². The van der Waals surface area contributed by atoms with Gasteiger partial charge in [0.1, 0.15) is 5.82 Å². The van der Waals surface area contributed by atoms with Crippen molar-refractivity contribution in [1.29, 1.82) is 0 Å². The zero-order chi connectivity index (χ0) is 15.6. The van der Waals surface area contributed by atoms with Gasteiger partial charge >= 0.3 is 5.97 Å². The zero-order valence-corrected chi connectivity index (χ0v) is 14.0. The van der Waals surface area contributed by atoms with Crippen LogP contribution >= 0.6 is 15.9 Å². The second-order valence-electron chi connectivity index (χ2n) is 5.82. The Morgan fingerprint density at radius 3 is 2.57 bits per heavy atom. The highest BCUT2D eigenvalue weighted by atomic mass is 79.9. The molecule has 21 heavy (non-hydrogen) atoms. The quantitative estimate of drug-likeness (QED) is 0.876. The SMILES string of the molecule is CCC1(C(=O)O)CCN(C(C)c2ccc(F)c(Br)c2)CC1. The van der Waals surface area contributed by atoms with Crippen LogP contribution in [0.1, 0.15) is 44.7 Å². The topological polar surface area (TPSA) is 40.5 Å². The minimum Gasteiger partial charge on any atom is -0.481 e. The van der Waals surface area contributed by atoms with E-state index in [9.17, 15) is 14.3 Å². The molecular weight excluding hydrogens is 337 g/mol. The summed E-state index contributed by atoms with van der Waals surface area (Å²) in [4.78, 5) is 13.7. The number of likely N-dealkylation sites (tertiary alicyclic amines) is 1. The third-order valence-electron chi connectivity index (χ3n) is 4.86. The first-order valence-corrected chi connectivity index (χ1v) is 8.11. The van der Waals surface area contributed by atoms with Crippen LogP contribution in [0.25, 0.3) is 0 Å². The lowest BCUT2D eigenvalue weighted by Gasteiger charge is -2.41. The molecule has 1 N–H and O–H groups in total. The van der Waals surface area contributed by atoms with Gasteiger partial charge in [0.05, 0.1) is 9.89 Å². The summed E-state index contributed by atoms with van der Waals surface area (Å²) in [6.07, 6.45) is 2.02. The molecule has 0 aromatic heterocycles. The Hall–Kier alpha value is -0.940. The third kappa shape index (κ3) is 3.29. The number of aliphatic carboxylic acids is 1. The highest BCUT2D eigenvalue weighted by molar-refractivity contribution is 9.10. The van der Waals surface area contributed by atoms with E-state index in [1.165, 1.54) is 6.07 Å². The number of carboxylic acid groups (broad SMARTS) is 1. The van der Waals surface area contributed by atoms with Crippen molar-refractivity contribution in [3.63, 3.8) is 0 Å². The Labute approximate surface area is 133 Å². The summed E-state index contributed by atoms with van der Waals surface area (Å²) in [6, 6.07) is 5.22. The van der Waals surface area contributed by atoms with E-state index < -0.39 is 11.4 Å². The van der Waals surface area contributed by atoms with Crippen molar-refractivity contribution < 1.29 is 14.3 Å². The van der Waals surface area contributed by atoms with Gasteiger partial charge in [0.25, 0.3) is 0 Å². The highest BCUT2D eigenvalue weighted by Crippen LogP contribution is 2.38. The maximum Gasteiger partial charge on any atom is 0.309 e. The van der Waals surface area contributed by atoms with Crippen LogP contribution in [-0.4, -0.2) is 29.1 Å². The minimum absolute atomic E-state index is 0.158. The number of nitrogens with zero attached hydrogens (tertiary/aromatic N) is 1. The molecular formula is C16H21BrFNO2. The standard InChI is InChI=1S/C16H21BrFNO2/c1-3-16(15(20)21)6-8-19(9-7-16)11(2)12-4-5-14(18)13(17)10-12/h4-5,10-11H,3,6-9H2,1-2H3,(H,20,21). The lowest BCUT2D eigenvalue weighted by Crippen LogP contribution is -2.44. The monoisotopic (exact) mass is 357 g/mol. The van der Waals surface area contributed by atoms with E-state index >= 15 is 0 Å². The van der Waals surface area contributed by atoms with E-state index in [2.05, 4.69) is 27.8 Å². The van der Waals surface area contributed by atoms with Gasteiger partial charge in [0.15, 0.2) is 0 Å². The van der Waals surface area contributed by atoms with E-state index in [0.29, 0.717) is 23.7 Å². The summed E-state index contributed by atoms with van der Waals surface area (Å²) in [5, 5.41) is 9.43. The molecule has 1 heterocycles. The van der Waals surface area contributed by atoms with E-state index in [-0.39, 0.29) is 11.9 Å². The fourth-order valence-corrected chi connectivity index (χ4v) is 3.44. The highest BCUT2D eigenvalue weighted by Gasteiger charge is 2.40. The molecule has 0 amide bonds. The number of hydrogen-bond acceptors (Lipinski definition) is 2. The molecule has 1 aromatic carbocycles. The Kier molecular flexibility index (Phi) is 5.04. The summed E-state index contributed by atoms with van der Waals surface area (Å²) in [5.74, 6) is -0.942. The normalized spacial score (nSPS) is 20.2. The summed E-state index contributed by atoms with van der Waals surface area (Å²) < 4.78 is 13.8. The predicted octanol–water partition coefficient (Wildman–Crippen LogP) is 4.23. The Morgan fingerprint density at radius 1 is 1.48 bits per heavy atom. The van der Waals surface area contributed by atoms with Gasteiger partial charge in [-0.15, -0.1) is 0 Å². The van der Waals surface area contributed by atoms with Gasteiger partial charge in [-0.2, -0.15) is 0 Å². The van der Waals surface area contributed by atoms with Gasteiger partial charge in [-0.1, -0.05) is 13.0 Å². The summed E-state index contributed by atoms with van der Waals surface area (Å²) in [7, 11) is 0. The maximum absolute atomic E-state index is 13.3. The van der Waals surface area contributed by atoms with Crippen LogP contribution < -0.4 is 0 Å². The lowest BCUT2D eigenvalue weighted by atomic mass is 9.76. The molecule has 0 spiro atoms. The van der Waals surface area contributed by atoms with Gasteiger partial charge in [-0.25, -0.2) is 4.39 Å². The van der Waals surface area contributed by atoms with Crippen molar-refractivity contribution in [3.05, 3.63) is 34.1 Å². The smallest absolute Gasteiger partial charge is 0.309 e. The molecule has 1 aromatic rings. The van der Waals surface area contributed by atoms with Crippen LogP contribution in [0, 0.1) is 11.2 Å². The number of piperidine rings is 1. The first-order valence-electron chi connectivity index (χ1n) is 7.32. The average Bonchev–Trinajstić information content (AvgIpc) is 2.49. The number of rotatable bonds is 4. The molecule has 0 aliphatic carbocycles. The van der Waals surface area contributed by atoms with Crippen molar-refractivity contribution in [1.82, 2.24) is 4.90 Å². The maximum atomic E-state index is 13.3. The van der Waals surface area contributed by atoms with Crippen LogP contribution in [-0.2, 0) is 4.79 Å². The lowest BCUT2D eigenvalue weighted by molar-refractivity contribution is -0.152. The number of halogens is 2. The molecule has 0 bridgehead atoms. The predicted molar refractivity (Wildman–Crippen MR) is 83.7 cm³/mol. The van der Waals surface area contributed by atoms with E-state index in [1.807, 2.05) is 6.92 Å². The minimum atomic E-state index is -0.679. The summed E-state index contributed by atoms with van der Waals surface area (Å²) in [6.45, 7) is 5.55. The largest absolute Gasteiger partial charge is 0.481 e.